The highest BCUT2D eigenvalue weighted by Crippen LogP contribution is 2.33. The lowest BCUT2D eigenvalue weighted by Crippen LogP contribution is -2.09. The summed E-state index contributed by atoms with van der Waals surface area (Å²) in [5.74, 6) is 1.11. The molecule has 0 aliphatic heterocycles. The van der Waals surface area contributed by atoms with Gasteiger partial charge in [-0.25, -0.2) is 4.98 Å². The molecule has 1 amide bonds. The van der Waals surface area contributed by atoms with Crippen LogP contribution in [-0.2, 0) is 13.2 Å². The number of para-hydroxylation sites is 1. The number of carbonyl (C=O) groups excluding carboxylic acids is 1. The summed E-state index contributed by atoms with van der Waals surface area (Å²) in [4.78, 5) is 16.9. The van der Waals surface area contributed by atoms with Gasteiger partial charge in [0.2, 0.25) is 0 Å². The molecule has 6 heteroatoms. The third-order valence-electron chi connectivity index (χ3n) is 5.48. The zero-order chi connectivity index (χ0) is 22.8. The zero-order valence-corrected chi connectivity index (χ0v) is 18.9. The van der Waals surface area contributed by atoms with Crippen LogP contribution in [0.2, 0.25) is 0 Å². The minimum atomic E-state index is -0.396. The van der Waals surface area contributed by atoms with Crippen molar-refractivity contribution in [3.63, 3.8) is 0 Å². The van der Waals surface area contributed by atoms with E-state index in [0.717, 1.165) is 49.3 Å². The first-order valence-electron chi connectivity index (χ1n) is 10.6. The molecule has 164 valence electrons. The van der Waals surface area contributed by atoms with Gasteiger partial charge in [0.05, 0.1) is 16.1 Å². The van der Waals surface area contributed by atoms with E-state index >= 15 is 0 Å². The lowest BCUT2D eigenvalue weighted by Gasteiger charge is -2.10. The minimum absolute atomic E-state index is 0.394. The van der Waals surface area contributed by atoms with Crippen molar-refractivity contribution >= 4 is 38.2 Å². The number of nitrogens with two attached hydrogens (primary N) is 1. The Hall–Kier alpha value is -3.90. The maximum Gasteiger partial charge on any atom is 0.259 e. The number of hydrogen-bond acceptors (Lipinski definition) is 5. The van der Waals surface area contributed by atoms with Crippen molar-refractivity contribution in [3.8, 4) is 11.5 Å². The van der Waals surface area contributed by atoms with Crippen molar-refractivity contribution < 1.29 is 14.3 Å². The number of ether oxygens (including phenoxy) is 2. The van der Waals surface area contributed by atoms with Crippen LogP contribution in [0.1, 0.15) is 26.5 Å². The molecule has 0 fully saturated rings. The summed E-state index contributed by atoms with van der Waals surface area (Å²) in [7, 11) is 0. The maximum absolute atomic E-state index is 11.6. The molecule has 2 aromatic heterocycles. The molecule has 0 bridgehead atoms. The summed E-state index contributed by atoms with van der Waals surface area (Å²) in [6, 6.07) is 25.8. The Morgan fingerprint density at radius 3 is 2.61 bits per heavy atom. The van der Waals surface area contributed by atoms with E-state index in [1.54, 1.807) is 0 Å². The van der Waals surface area contributed by atoms with Gasteiger partial charge in [-0.1, -0.05) is 36.4 Å². The maximum atomic E-state index is 11.6. The third-order valence-corrected chi connectivity index (χ3v) is 6.77. The molecule has 0 spiro atoms. The van der Waals surface area contributed by atoms with E-state index in [9.17, 15) is 4.79 Å². The van der Waals surface area contributed by atoms with Gasteiger partial charge >= 0.3 is 0 Å². The molecule has 0 unspecified atom stereocenters. The van der Waals surface area contributed by atoms with Crippen molar-refractivity contribution in [2.24, 2.45) is 5.73 Å². The summed E-state index contributed by atoms with van der Waals surface area (Å²) in [6.07, 6.45) is 0. The van der Waals surface area contributed by atoms with Crippen molar-refractivity contribution in [2.45, 2.75) is 20.1 Å². The number of fused-ring (bicyclic) bond motifs is 2. The number of rotatable bonds is 7. The van der Waals surface area contributed by atoms with Gasteiger partial charge in [0.25, 0.3) is 5.91 Å². The molecule has 5 aromatic rings. The van der Waals surface area contributed by atoms with Crippen molar-refractivity contribution in [2.75, 3.05) is 0 Å². The number of benzene rings is 3. The summed E-state index contributed by atoms with van der Waals surface area (Å²) in [5, 5.41) is 2.10. The van der Waals surface area contributed by atoms with Crippen LogP contribution in [0.25, 0.3) is 21.0 Å². The Balaban J connectivity index is 1.25. The molecule has 3 aromatic carbocycles. The molecule has 5 rings (SSSR count). The quantitative estimate of drug-likeness (QED) is 0.327. The molecule has 2 heterocycles. The highest BCUT2D eigenvalue weighted by molar-refractivity contribution is 7.21. The van der Waals surface area contributed by atoms with Crippen LogP contribution in [0.5, 0.6) is 11.5 Å². The number of pyridine rings is 1. The van der Waals surface area contributed by atoms with Gasteiger partial charge < -0.3 is 15.2 Å². The molecule has 0 radical (unpaired) electrons. The average molecular weight is 455 g/mol. The second-order valence-corrected chi connectivity index (χ2v) is 8.85. The van der Waals surface area contributed by atoms with Gasteiger partial charge in [0.1, 0.15) is 24.7 Å². The summed E-state index contributed by atoms with van der Waals surface area (Å²) in [5.41, 5.74) is 9.21. The van der Waals surface area contributed by atoms with Gasteiger partial charge in [-0.15, -0.1) is 11.3 Å². The lowest BCUT2D eigenvalue weighted by atomic mass is 10.1. The van der Waals surface area contributed by atoms with E-state index in [4.69, 9.17) is 15.2 Å². The van der Waals surface area contributed by atoms with Gasteiger partial charge in [0.15, 0.2) is 0 Å². The number of carbonyl (C=O) groups is 1. The van der Waals surface area contributed by atoms with Crippen molar-refractivity contribution in [3.05, 3.63) is 101 Å². The monoisotopic (exact) mass is 454 g/mol. The first-order valence-corrected chi connectivity index (χ1v) is 11.4. The molecule has 0 aliphatic rings. The van der Waals surface area contributed by atoms with E-state index in [0.29, 0.717) is 18.1 Å². The predicted molar refractivity (Wildman–Crippen MR) is 132 cm³/mol. The van der Waals surface area contributed by atoms with E-state index < -0.39 is 5.91 Å². The smallest absolute Gasteiger partial charge is 0.259 e. The summed E-state index contributed by atoms with van der Waals surface area (Å²) >= 11 is 1.41. The topological polar surface area (TPSA) is 74.4 Å². The number of hydrogen-bond donors (Lipinski definition) is 1. The van der Waals surface area contributed by atoms with Gasteiger partial charge in [-0.2, -0.15) is 0 Å². The van der Waals surface area contributed by atoms with Gasteiger partial charge in [-0.05, 0) is 65.9 Å². The van der Waals surface area contributed by atoms with Crippen LogP contribution in [-0.4, -0.2) is 10.9 Å². The zero-order valence-electron chi connectivity index (χ0n) is 18.1. The van der Waals surface area contributed by atoms with E-state index in [1.165, 1.54) is 11.3 Å². The Bertz CT molecular complexity index is 1480. The normalized spacial score (nSPS) is 11.1. The van der Waals surface area contributed by atoms with E-state index in [-0.39, 0.29) is 0 Å². The van der Waals surface area contributed by atoms with Gasteiger partial charge in [0, 0.05) is 10.1 Å². The number of aromatic nitrogens is 1. The second-order valence-electron chi connectivity index (χ2n) is 7.80. The molecule has 0 atom stereocenters. The Kier molecular flexibility index (Phi) is 5.67. The fraction of sp³-hybridized carbons (Fsp3) is 0.111. The predicted octanol–water partition coefficient (Wildman–Crippen LogP) is 6.01. The number of nitrogens with zero attached hydrogens (tertiary/aromatic N) is 1. The van der Waals surface area contributed by atoms with Crippen LogP contribution in [0.15, 0.2) is 78.9 Å². The van der Waals surface area contributed by atoms with Crippen LogP contribution in [0, 0.1) is 6.92 Å². The Labute approximate surface area is 195 Å². The second kappa shape index (κ2) is 8.92. The van der Waals surface area contributed by atoms with Crippen molar-refractivity contribution in [1.82, 2.24) is 4.98 Å². The standard InChI is InChI=1S/C27H22N2O3S/c1-17-23-14-22(11-12-25(23)33-26(17)27(28)30)31-15-18-5-4-7-21(13-18)32-16-20-10-9-19-6-2-3-8-24(19)29-20/h2-14H,15-16H2,1H3,(H2,28,30). The van der Waals surface area contributed by atoms with Crippen LogP contribution in [0.4, 0.5) is 0 Å². The molecule has 2 N–H and O–H groups in total. The third kappa shape index (κ3) is 4.52. The van der Waals surface area contributed by atoms with Crippen LogP contribution < -0.4 is 15.2 Å². The molecule has 0 saturated carbocycles. The van der Waals surface area contributed by atoms with Crippen molar-refractivity contribution in [1.29, 1.82) is 0 Å². The lowest BCUT2D eigenvalue weighted by molar-refractivity contribution is 0.100. The fourth-order valence-electron chi connectivity index (χ4n) is 3.76. The summed E-state index contributed by atoms with van der Waals surface area (Å²) in [6.45, 7) is 2.71. The molecular formula is C27H22N2O3S. The molecule has 5 nitrogen and oxygen atoms in total. The SMILES string of the molecule is Cc1c(C(N)=O)sc2ccc(OCc3cccc(OCc4ccc5ccccc5n4)c3)cc12. The summed E-state index contributed by atoms with van der Waals surface area (Å²) < 4.78 is 13.0. The highest BCUT2D eigenvalue weighted by atomic mass is 32.1. The Morgan fingerprint density at radius 2 is 1.73 bits per heavy atom. The van der Waals surface area contributed by atoms with E-state index in [1.807, 2.05) is 79.7 Å². The molecule has 0 saturated heterocycles. The number of primary amides is 1. The van der Waals surface area contributed by atoms with Gasteiger partial charge in [-0.3, -0.25) is 4.79 Å². The number of aryl methyl sites for hydroxylation is 1. The number of amides is 1. The first kappa shape index (κ1) is 21.0. The fourth-order valence-corrected chi connectivity index (χ4v) is 4.80. The average Bonchev–Trinajstić information content (AvgIpc) is 3.18. The van der Waals surface area contributed by atoms with Crippen LogP contribution in [0.3, 0.4) is 0 Å². The van der Waals surface area contributed by atoms with Crippen LogP contribution >= 0.6 is 11.3 Å². The largest absolute Gasteiger partial charge is 0.489 e. The minimum Gasteiger partial charge on any atom is -0.489 e. The first-order chi connectivity index (χ1) is 16.1. The molecule has 33 heavy (non-hydrogen) atoms. The Morgan fingerprint density at radius 1 is 0.909 bits per heavy atom. The number of thiophene rings is 1. The molecule has 0 aliphatic carbocycles. The molecular weight excluding hydrogens is 432 g/mol. The van der Waals surface area contributed by atoms with E-state index in [2.05, 4.69) is 11.1 Å². The highest BCUT2D eigenvalue weighted by Gasteiger charge is 2.13.